The van der Waals surface area contributed by atoms with Crippen LogP contribution >= 0.6 is 11.6 Å². The van der Waals surface area contributed by atoms with E-state index in [-0.39, 0.29) is 6.61 Å². The molecule has 0 aliphatic carbocycles. The van der Waals surface area contributed by atoms with Gasteiger partial charge >= 0.3 is 0 Å². The zero-order valence-corrected chi connectivity index (χ0v) is 14.5. The number of rotatable bonds is 7. The highest BCUT2D eigenvalue weighted by molar-refractivity contribution is 6.33. The van der Waals surface area contributed by atoms with Crippen molar-refractivity contribution in [2.75, 3.05) is 32.8 Å². The Bertz CT molecular complexity index is 639. The number of aliphatic hydroxyl groups excluding tert-OH is 1. The van der Waals surface area contributed by atoms with Crippen LogP contribution in [0.1, 0.15) is 18.5 Å². The van der Waals surface area contributed by atoms with Crippen LogP contribution in [0.15, 0.2) is 34.9 Å². The lowest BCUT2D eigenvalue weighted by Gasteiger charge is -2.31. The van der Waals surface area contributed by atoms with Gasteiger partial charge in [0.25, 0.3) is 0 Å². The minimum atomic E-state index is 0.253. The average Bonchev–Trinajstić information content (AvgIpc) is 3.06. The second-order valence-electron chi connectivity index (χ2n) is 6.26. The van der Waals surface area contributed by atoms with Gasteiger partial charge in [0.05, 0.1) is 22.9 Å². The molecule has 0 bridgehead atoms. The number of piperidine rings is 1. The van der Waals surface area contributed by atoms with Crippen molar-refractivity contribution >= 4 is 11.6 Å². The Kier molecular flexibility index (Phi) is 6.26. The minimum Gasteiger partial charge on any atom is -0.444 e. The number of hydrogen-bond donors (Lipinski definition) is 2. The van der Waals surface area contributed by atoms with Gasteiger partial charge in [-0.1, -0.05) is 23.7 Å². The van der Waals surface area contributed by atoms with Crippen LogP contribution in [0.5, 0.6) is 0 Å². The SMILES string of the molecule is OCCN1CCC(CNCc2coc(-c3ccccc3Cl)n2)CC1. The lowest BCUT2D eigenvalue weighted by molar-refractivity contribution is 0.146. The van der Waals surface area contributed by atoms with Gasteiger partial charge in [0.15, 0.2) is 0 Å². The zero-order chi connectivity index (χ0) is 16.8. The zero-order valence-electron chi connectivity index (χ0n) is 13.7. The molecule has 0 amide bonds. The Labute approximate surface area is 147 Å². The molecule has 0 spiro atoms. The van der Waals surface area contributed by atoms with Gasteiger partial charge in [-0.05, 0) is 50.5 Å². The number of likely N-dealkylation sites (tertiary alicyclic amines) is 1. The Morgan fingerprint density at radius 1 is 1.29 bits per heavy atom. The Morgan fingerprint density at radius 3 is 2.83 bits per heavy atom. The highest BCUT2D eigenvalue weighted by atomic mass is 35.5. The fourth-order valence-corrected chi connectivity index (χ4v) is 3.32. The summed E-state index contributed by atoms with van der Waals surface area (Å²) in [4.78, 5) is 6.83. The molecule has 2 aromatic rings. The Balaban J connectivity index is 1.44. The summed E-state index contributed by atoms with van der Waals surface area (Å²) in [7, 11) is 0. The summed E-state index contributed by atoms with van der Waals surface area (Å²) >= 11 is 6.17. The van der Waals surface area contributed by atoms with E-state index in [4.69, 9.17) is 21.1 Å². The second-order valence-corrected chi connectivity index (χ2v) is 6.67. The molecule has 24 heavy (non-hydrogen) atoms. The number of aliphatic hydroxyl groups is 1. The molecule has 1 aliphatic rings. The molecule has 6 heteroatoms. The summed E-state index contributed by atoms with van der Waals surface area (Å²) < 4.78 is 5.55. The molecule has 1 aliphatic heterocycles. The van der Waals surface area contributed by atoms with Crippen LogP contribution < -0.4 is 5.32 Å². The third kappa shape index (κ3) is 4.57. The van der Waals surface area contributed by atoms with Gasteiger partial charge in [-0.15, -0.1) is 0 Å². The second kappa shape index (κ2) is 8.62. The number of halogens is 1. The number of aromatic nitrogens is 1. The lowest BCUT2D eigenvalue weighted by Crippen LogP contribution is -2.38. The van der Waals surface area contributed by atoms with Crippen LogP contribution in [0.2, 0.25) is 5.02 Å². The van der Waals surface area contributed by atoms with Crippen molar-refractivity contribution in [3.63, 3.8) is 0 Å². The van der Waals surface area contributed by atoms with Gasteiger partial charge in [-0.2, -0.15) is 0 Å². The third-order valence-corrected chi connectivity index (χ3v) is 4.85. The first-order chi connectivity index (χ1) is 11.8. The first-order valence-electron chi connectivity index (χ1n) is 8.49. The van der Waals surface area contributed by atoms with Gasteiger partial charge in [-0.25, -0.2) is 4.98 Å². The number of β-amino-alcohol motifs (C(OH)–C–C–N with tert-alkyl or cyclic N) is 1. The summed E-state index contributed by atoms with van der Waals surface area (Å²) in [5.74, 6) is 1.25. The number of hydrogen-bond acceptors (Lipinski definition) is 5. The van der Waals surface area contributed by atoms with E-state index in [0.29, 0.717) is 23.4 Å². The summed E-state index contributed by atoms with van der Waals surface area (Å²) in [5, 5.41) is 13.1. The summed E-state index contributed by atoms with van der Waals surface area (Å²) in [5.41, 5.74) is 1.71. The summed E-state index contributed by atoms with van der Waals surface area (Å²) in [6.45, 7) is 4.89. The molecule has 0 radical (unpaired) electrons. The Hall–Kier alpha value is -1.40. The molecule has 3 rings (SSSR count). The Morgan fingerprint density at radius 2 is 2.08 bits per heavy atom. The maximum atomic E-state index is 8.98. The topological polar surface area (TPSA) is 61.5 Å². The van der Waals surface area contributed by atoms with Crippen LogP contribution in [0.25, 0.3) is 11.5 Å². The lowest BCUT2D eigenvalue weighted by atomic mass is 9.97. The van der Waals surface area contributed by atoms with Gasteiger partial charge in [0.2, 0.25) is 5.89 Å². The normalized spacial score (nSPS) is 16.6. The van der Waals surface area contributed by atoms with Crippen LogP contribution in [0, 0.1) is 5.92 Å². The quantitative estimate of drug-likeness (QED) is 0.804. The van der Waals surface area contributed by atoms with Gasteiger partial charge in [-0.3, -0.25) is 0 Å². The van der Waals surface area contributed by atoms with Crippen LogP contribution in [-0.4, -0.2) is 47.8 Å². The van der Waals surface area contributed by atoms with Gasteiger partial charge < -0.3 is 19.7 Å². The summed E-state index contributed by atoms with van der Waals surface area (Å²) in [6.07, 6.45) is 4.04. The van der Waals surface area contributed by atoms with Crippen LogP contribution in [0.4, 0.5) is 0 Å². The average molecular weight is 350 g/mol. The molecule has 1 aromatic carbocycles. The van der Waals surface area contributed by atoms with E-state index in [9.17, 15) is 0 Å². The van der Waals surface area contributed by atoms with Crippen molar-refractivity contribution in [2.45, 2.75) is 19.4 Å². The predicted molar refractivity (Wildman–Crippen MR) is 94.9 cm³/mol. The molecule has 5 nitrogen and oxygen atoms in total. The van der Waals surface area contributed by atoms with Crippen LogP contribution in [-0.2, 0) is 6.54 Å². The first kappa shape index (κ1) is 17.4. The monoisotopic (exact) mass is 349 g/mol. The van der Waals surface area contributed by atoms with Crippen LogP contribution in [0.3, 0.4) is 0 Å². The van der Waals surface area contributed by atoms with E-state index in [1.54, 1.807) is 6.26 Å². The van der Waals surface area contributed by atoms with Crippen molar-refractivity contribution in [2.24, 2.45) is 5.92 Å². The fourth-order valence-electron chi connectivity index (χ4n) is 3.11. The molecule has 1 saturated heterocycles. The molecule has 2 N–H and O–H groups in total. The van der Waals surface area contributed by atoms with E-state index in [2.05, 4.69) is 15.2 Å². The number of benzene rings is 1. The molecule has 0 saturated carbocycles. The van der Waals surface area contributed by atoms with Crippen molar-refractivity contribution < 1.29 is 9.52 Å². The van der Waals surface area contributed by atoms with Crippen molar-refractivity contribution in [3.8, 4) is 11.5 Å². The largest absolute Gasteiger partial charge is 0.444 e. The molecule has 2 heterocycles. The highest BCUT2D eigenvalue weighted by Crippen LogP contribution is 2.26. The van der Waals surface area contributed by atoms with E-state index in [1.165, 1.54) is 12.8 Å². The minimum absolute atomic E-state index is 0.253. The maximum absolute atomic E-state index is 8.98. The van der Waals surface area contributed by atoms with Crippen molar-refractivity contribution in [1.29, 1.82) is 0 Å². The molecule has 0 atom stereocenters. The molecular weight excluding hydrogens is 326 g/mol. The molecular formula is C18H24ClN3O2. The molecule has 1 aromatic heterocycles. The predicted octanol–water partition coefficient (Wildman–Crippen LogP) is 2.79. The third-order valence-electron chi connectivity index (χ3n) is 4.52. The first-order valence-corrected chi connectivity index (χ1v) is 8.87. The summed E-state index contributed by atoms with van der Waals surface area (Å²) in [6, 6.07) is 7.56. The van der Waals surface area contributed by atoms with Gasteiger partial charge in [0.1, 0.15) is 6.26 Å². The van der Waals surface area contributed by atoms with E-state index in [0.717, 1.165) is 37.4 Å². The molecule has 1 fully saturated rings. The number of oxazole rings is 1. The highest BCUT2D eigenvalue weighted by Gasteiger charge is 2.18. The van der Waals surface area contributed by atoms with Gasteiger partial charge in [0, 0.05) is 13.1 Å². The van der Waals surface area contributed by atoms with Crippen molar-refractivity contribution in [3.05, 3.63) is 41.2 Å². The fraction of sp³-hybridized carbons (Fsp3) is 0.500. The smallest absolute Gasteiger partial charge is 0.227 e. The van der Waals surface area contributed by atoms with E-state index in [1.807, 2.05) is 24.3 Å². The standard InChI is InChI=1S/C18H24ClN3O2/c19-17-4-2-1-3-16(17)18-21-15(13-24-18)12-20-11-14-5-7-22(8-6-14)9-10-23/h1-4,13-14,20,23H,5-12H2. The van der Waals surface area contributed by atoms with E-state index < -0.39 is 0 Å². The van der Waals surface area contributed by atoms with E-state index >= 15 is 0 Å². The number of nitrogens with one attached hydrogen (secondary N) is 1. The molecule has 0 unspecified atom stereocenters. The number of nitrogens with zero attached hydrogens (tertiary/aromatic N) is 2. The molecule has 130 valence electrons. The maximum Gasteiger partial charge on any atom is 0.227 e. The van der Waals surface area contributed by atoms with Crippen molar-refractivity contribution in [1.82, 2.24) is 15.2 Å².